The van der Waals surface area contributed by atoms with Crippen LogP contribution in [0.2, 0.25) is 0 Å². The van der Waals surface area contributed by atoms with Gasteiger partial charge in [-0.05, 0) is 32.9 Å². The molecule has 0 spiro atoms. The molecule has 2 aliphatic rings. The molecule has 108 valence electrons. The van der Waals surface area contributed by atoms with Gasteiger partial charge in [-0.3, -0.25) is 4.79 Å². The monoisotopic (exact) mass is 304 g/mol. The van der Waals surface area contributed by atoms with Crippen LogP contribution >= 0.6 is 23.5 Å². The van der Waals surface area contributed by atoms with Crippen molar-refractivity contribution in [2.75, 3.05) is 24.6 Å². The van der Waals surface area contributed by atoms with Gasteiger partial charge in [0, 0.05) is 11.0 Å². The Morgan fingerprint density at radius 1 is 1.42 bits per heavy atom. The first-order chi connectivity index (χ1) is 9.09. The molecule has 0 radical (unpaired) electrons. The van der Waals surface area contributed by atoms with E-state index in [4.69, 9.17) is 5.11 Å². The Balaban J connectivity index is 1.85. The number of hydrogen-bond donors (Lipinski definition) is 2. The highest BCUT2D eigenvalue weighted by Gasteiger charge is 2.39. The van der Waals surface area contributed by atoms with Crippen LogP contribution in [0.4, 0.5) is 0 Å². The van der Waals surface area contributed by atoms with Gasteiger partial charge in [-0.25, -0.2) is 4.79 Å². The lowest BCUT2D eigenvalue weighted by atomic mass is 10.2. The van der Waals surface area contributed by atoms with Crippen molar-refractivity contribution >= 4 is 35.4 Å². The molecule has 0 bridgehead atoms. The van der Waals surface area contributed by atoms with Gasteiger partial charge in [-0.1, -0.05) is 0 Å². The minimum Gasteiger partial charge on any atom is -0.480 e. The average Bonchev–Trinajstić information content (AvgIpc) is 2.79. The molecule has 2 rings (SSSR count). The van der Waals surface area contributed by atoms with E-state index in [-0.39, 0.29) is 11.3 Å². The number of carboxylic acids is 1. The van der Waals surface area contributed by atoms with Gasteiger partial charge in [-0.2, -0.15) is 0 Å². The maximum Gasteiger partial charge on any atom is 0.327 e. The van der Waals surface area contributed by atoms with E-state index in [1.807, 2.05) is 6.92 Å². The number of nitrogens with zero attached hydrogens (tertiary/aromatic N) is 1. The smallest absolute Gasteiger partial charge is 0.327 e. The number of piperidine rings is 1. The van der Waals surface area contributed by atoms with Crippen LogP contribution in [0, 0.1) is 0 Å². The average molecular weight is 304 g/mol. The summed E-state index contributed by atoms with van der Waals surface area (Å²) in [4.78, 5) is 24.9. The molecule has 0 aromatic carbocycles. The Labute approximate surface area is 121 Å². The predicted molar refractivity (Wildman–Crippen MR) is 78.5 cm³/mol. The standard InChI is InChI=1S/C12H20N2O3S2/c1-8-14(10(6-18-8)12(16)17)11(15)7-19-9-2-4-13-5-3-9/h8-10,13H,2-7H2,1H3,(H,16,17). The van der Waals surface area contributed by atoms with Crippen LogP contribution in [0.3, 0.4) is 0 Å². The first kappa shape index (κ1) is 15.0. The van der Waals surface area contributed by atoms with E-state index in [0.29, 0.717) is 16.8 Å². The molecule has 0 aromatic heterocycles. The highest BCUT2D eigenvalue weighted by atomic mass is 32.2. The van der Waals surface area contributed by atoms with Crippen LogP contribution in [0.5, 0.6) is 0 Å². The minimum absolute atomic E-state index is 0.0257. The summed E-state index contributed by atoms with van der Waals surface area (Å²) >= 11 is 3.21. The molecule has 1 amide bonds. The van der Waals surface area contributed by atoms with E-state index in [0.717, 1.165) is 25.9 Å². The molecule has 0 aliphatic carbocycles. The van der Waals surface area contributed by atoms with E-state index in [2.05, 4.69) is 5.32 Å². The van der Waals surface area contributed by atoms with Crippen LogP contribution in [0.15, 0.2) is 0 Å². The maximum atomic E-state index is 12.2. The third-order valence-electron chi connectivity index (χ3n) is 3.52. The molecule has 0 aromatic rings. The van der Waals surface area contributed by atoms with E-state index in [1.54, 1.807) is 16.7 Å². The second-order valence-corrected chi connectivity index (χ2v) is 7.49. The zero-order valence-electron chi connectivity index (χ0n) is 11.0. The molecule has 5 nitrogen and oxygen atoms in total. The number of rotatable bonds is 4. The number of carbonyl (C=O) groups is 2. The van der Waals surface area contributed by atoms with Crippen molar-refractivity contribution in [2.45, 2.75) is 36.4 Å². The third-order valence-corrected chi connectivity index (χ3v) is 6.10. The summed E-state index contributed by atoms with van der Waals surface area (Å²) in [6.45, 7) is 3.93. The number of carbonyl (C=O) groups excluding carboxylic acids is 1. The van der Waals surface area contributed by atoms with E-state index in [9.17, 15) is 9.59 Å². The van der Waals surface area contributed by atoms with Gasteiger partial charge in [-0.15, -0.1) is 23.5 Å². The molecule has 2 fully saturated rings. The van der Waals surface area contributed by atoms with Crippen molar-refractivity contribution in [2.24, 2.45) is 0 Å². The summed E-state index contributed by atoms with van der Waals surface area (Å²) < 4.78 is 0. The number of aliphatic carboxylic acids is 1. The Morgan fingerprint density at radius 2 is 2.11 bits per heavy atom. The van der Waals surface area contributed by atoms with Crippen molar-refractivity contribution in [1.29, 1.82) is 0 Å². The van der Waals surface area contributed by atoms with Gasteiger partial charge in [0.2, 0.25) is 5.91 Å². The Morgan fingerprint density at radius 3 is 2.74 bits per heavy atom. The molecule has 2 N–H and O–H groups in total. The summed E-state index contributed by atoms with van der Waals surface area (Å²) in [5.74, 6) is -0.0231. The summed E-state index contributed by atoms with van der Waals surface area (Å²) in [6, 6.07) is -0.652. The van der Waals surface area contributed by atoms with Crippen molar-refractivity contribution in [1.82, 2.24) is 10.2 Å². The predicted octanol–water partition coefficient (Wildman–Crippen LogP) is 0.846. The number of thioether (sulfide) groups is 2. The van der Waals surface area contributed by atoms with Crippen LogP contribution in [-0.2, 0) is 9.59 Å². The van der Waals surface area contributed by atoms with Crippen LogP contribution in [0.25, 0.3) is 0 Å². The van der Waals surface area contributed by atoms with Crippen LogP contribution in [-0.4, -0.2) is 63.1 Å². The second-order valence-electron chi connectivity index (χ2n) is 4.85. The largest absolute Gasteiger partial charge is 0.480 e. The lowest BCUT2D eigenvalue weighted by Gasteiger charge is -2.27. The topological polar surface area (TPSA) is 69.6 Å². The minimum atomic E-state index is -0.892. The summed E-state index contributed by atoms with van der Waals surface area (Å²) in [6.07, 6.45) is 2.18. The summed E-state index contributed by atoms with van der Waals surface area (Å²) in [5, 5.41) is 12.9. The lowest BCUT2D eigenvalue weighted by Crippen LogP contribution is -2.45. The zero-order chi connectivity index (χ0) is 13.8. The van der Waals surface area contributed by atoms with Crippen LogP contribution in [0.1, 0.15) is 19.8 Å². The van der Waals surface area contributed by atoms with Crippen LogP contribution < -0.4 is 5.32 Å². The third kappa shape index (κ3) is 3.79. The lowest BCUT2D eigenvalue weighted by molar-refractivity contribution is -0.147. The Bertz CT molecular complexity index is 348. The Hall–Kier alpha value is -0.400. The van der Waals surface area contributed by atoms with E-state index < -0.39 is 12.0 Å². The number of amides is 1. The molecule has 0 saturated carbocycles. The number of carboxylic acid groups (broad SMARTS) is 1. The highest BCUT2D eigenvalue weighted by molar-refractivity contribution is 8.00. The molecule has 2 unspecified atom stereocenters. The van der Waals surface area contributed by atoms with Gasteiger partial charge in [0.25, 0.3) is 0 Å². The zero-order valence-corrected chi connectivity index (χ0v) is 12.6. The van der Waals surface area contributed by atoms with Gasteiger partial charge in [0.1, 0.15) is 6.04 Å². The Kier molecular flexibility index (Phi) is 5.41. The fourth-order valence-corrected chi connectivity index (χ4v) is 4.72. The van der Waals surface area contributed by atoms with Crippen molar-refractivity contribution < 1.29 is 14.7 Å². The number of nitrogens with one attached hydrogen (secondary N) is 1. The normalized spacial score (nSPS) is 28.6. The fourth-order valence-electron chi connectivity index (χ4n) is 2.44. The second kappa shape index (κ2) is 6.85. The van der Waals surface area contributed by atoms with Gasteiger partial charge >= 0.3 is 5.97 Å². The molecular weight excluding hydrogens is 284 g/mol. The van der Waals surface area contributed by atoms with E-state index >= 15 is 0 Å². The van der Waals surface area contributed by atoms with Gasteiger partial charge in [0.15, 0.2) is 0 Å². The van der Waals surface area contributed by atoms with Crippen molar-refractivity contribution in [3.05, 3.63) is 0 Å². The van der Waals surface area contributed by atoms with Gasteiger partial charge in [0.05, 0.1) is 11.1 Å². The number of hydrogen-bond acceptors (Lipinski definition) is 5. The molecule has 2 aliphatic heterocycles. The van der Waals surface area contributed by atoms with Crippen molar-refractivity contribution in [3.8, 4) is 0 Å². The fraction of sp³-hybridized carbons (Fsp3) is 0.833. The summed E-state index contributed by atoms with van der Waals surface area (Å²) in [5.41, 5.74) is 0. The van der Waals surface area contributed by atoms with Gasteiger partial charge < -0.3 is 15.3 Å². The molecular formula is C12H20N2O3S2. The highest BCUT2D eigenvalue weighted by Crippen LogP contribution is 2.30. The summed E-state index contributed by atoms with van der Waals surface area (Å²) in [7, 11) is 0. The molecule has 19 heavy (non-hydrogen) atoms. The quantitative estimate of drug-likeness (QED) is 0.802. The van der Waals surface area contributed by atoms with Crippen molar-refractivity contribution in [3.63, 3.8) is 0 Å². The molecule has 2 atom stereocenters. The first-order valence-electron chi connectivity index (χ1n) is 6.57. The van der Waals surface area contributed by atoms with E-state index in [1.165, 1.54) is 11.8 Å². The maximum absolute atomic E-state index is 12.2. The molecule has 2 saturated heterocycles. The molecule has 7 heteroatoms. The first-order valence-corrected chi connectivity index (χ1v) is 8.67. The SMILES string of the molecule is CC1SCC(C(=O)O)N1C(=O)CSC1CCNCC1. The molecule has 2 heterocycles.